The molecule has 1 aromatic heterocycles. The van der Waals surface area contributed by atoms with Crippen molar-refractivity contribution in [1.82, 2.24) is 14.7 Å². The number of carbonyl (C=O) groups excluding carboxylic acids is 1. The number of rotatable bonds is 5. The first-order chi connectivity index (χ1) is 10.1. The zero-order valence-corrected chi connectivity index (χ0v) is 12.2. The second kappa shape index (κ2) is 6.90. The molecule has 1 unspecified atom stereocenters. The number of hydrogen-bond donors (Lipinski definition) is 2. The summed E-state index contributed by atoms with van der Waals surface area (Å²) in [6.07, 6.45) is 1.92. The van der Waals surface area contributed by atoms with Gasteiger partial charge in [0.15, 0.2) is 5.82 Å². The summed E-state index contributed by atoms with van der Waals surface area (Å²) in [4.78, 5) is 13.5. The summed E-state index contributed by atoms with van der Waals surface area (Å²) >= 11 is 0. The number of hydrogen-bond acceptors (Lipinski definition) is 3. The largest absolute Gasteiger partial charge is 0.393 e. The van der Waals surface area contributed by atoms with Crippen LogP contribution in [0.15, 0.2) is 42.6 Å². The van der Waals surface area contributed by atoms with Crippen LogP contribution in [0.3, 0.4) is 0 Å². The van der Waals surface area contributed by atoms with Gasteiger partial charge in [-0.25, -0.2) is 9.48 Å². The topological polar surface area (TPSA) is 70.4 Å². The molecule has 0 saturated carbocycles. The van der Waals surface area contributed by atoms with E-state index < -0.39 is 6.10 Å². The highest BCUT2D eigenvalue weighted by molar-refractivity contribution is 5.88. The number of nitrogens with zero attached hydrogens (tertiary/aromatic N) is 3. The Kier molecular flexibility index (Phi) is 4.94. The normalized spacial score (nSPS) is 12.0. The molecule has 0 aliphatic heterocycles. The van der Waals surface area contributed by atoms with Gasteiger partial charge in [0, 0.05) is 25.9 Å². The fourth-order valence-corrected chi connectivity index (χ4v) is 1.80. The molecule has 6 nitrogen and oxygen atoms in total. The highest BCUT2D eigenvalue weighted by atomic mass is 16.3. The van der Waals surface area contributed by atoms with E-state index >= 15 is 0 Å². The van der Waals surface area contributed by atoms with Crippen molar-refractivity contribution in [2.24, 2.45) is 0 Å². The van der Waals surface area contributed by atoms with Gasteiger partial charge in [-0.2, -0.15) is 0 Å². The maximum Gasteiger partial charge on any atom is 0.322 e. The monoisotopic (exact) mass is 288 g/mol. The van der Waals surface area contributed by atoms with Crippen molar-refractivity contribution in [2.45, 2.75) is 19.4 Å². The Balaban J connectivity index is 1.95. The first-order valence-corrected chi connectivity index (χ1v) is 6.87. The molecular weight excluding hydrogens is 268 g/mol. The number of benzene rings is 1. The minimum Gasteiger partial charge on any atom is -0.393 e. The van der Waals surface area contributed by atoms with Crippen LogP contribution in [0, 0.1) is 0 Å². The molecule has 2 N–H and O–H groups in total. The Morgan fingerprint density at radius 3 is 2.76 bits per heavy atom. The first kappa shape index (κ1) is 15.1. The van der Waals surface area contributed by atoms with Crippen LogP contribution in [0.2, 0.25) is 0 Å². The van der Waals surface area contributed by atoms with Crippen molar-refractivity contribution >= 4 is 11.8 Å². The Hall–Kier alpha value is -2.34. The molecule has 0 aliphatic carbocycles. The van der Waals surface area contributed by atoms with E-state index in [2.05, 4.69) is 10.4 Å². The average molecular weight is 288 g/mol. The summed E-state index contributed by atoms with van der Waals surface area (Å²) < 4.78 is 1.70. The molecule has 21 heavy (non-hydrogen) atoms. The van der Waals surface area contributed by atoms with Crippen LogP contribution in [0.25, 0.3) is 5.69 Å². The number of nitrogens with one attached hydrogen (secondary N) is 1. The molecule has 2 amide bonds. The zero-order valence-electron chi connectivity index (χ0n) is 12.2. The van der Waals surface area contributed by atoms with Crippen LogP contribution in [-0.4, -0.2) is 45.5 Å². The summed E-state index contributed by atoms with van der Waals surface area (Å²) in [7, 11) is 1.69. The highest BCUT2D eigenvalue weighted by Gasteiger charge is 2.11. The van der Waals surface area contributed by atoms with Crippen molar-refractivity contribution in [3.05, 3.63) is 42.6 Å². The number of aliphatic hydroxyl groups excluding tert-OH is 1. The average Bonchev–Trinajstić information content (AvgIpc) is 2.94. The molecule has 0 saturated heterocycles. The number of anilines is 1. The van der Waals surface area contributed by atoms with E-state index in [1.807, 2.05) is 30.3 Å². The Morgan fingerprint density at radius 1 is 1.38 bits per heavy atom. The van der Waals surface area contributed by atoms with Crippen molar-refractivity contribution in [3.8, 4) is 5.69 Å². The smallest absolute Gasteiger partial charge is 0.322 e. The summed E-state index contributed by atoms with van der Waals surface area (Å²) in [5, 5.41) is 16.3. The fourth-order valence-electron chi connectivity index (χ4n) is 1.80. The summed E-state index contributed by atoms with van der Waals surface area (Å²) in [5.74, 6) is 0.493. The predicted octanol–water partition coefficient (Wildman–Crippen LogP) is 2.11. The molecule has 0 radical (unpaired) electrons. The van der Waals surface area contributed by atoms with Crippen molar-refractivity contribution in [1.29, 1.82) is 0 Å². The number of carbonyl (C=O) groups is 1. The molecule has 112 valence electrons. The lowest BCUT2D eigenvalue weighted by Crippen LogP contribution is -2.33. The lowest BCUT2D eigenvalue weighted by molar-refractivity contribution is 0.167. The van der Waals surface area contributed by atoms with Crippen molar-refractivity contribution < 1.29 is 9.90 Å². The number of amides is 2. The molecular formula is C15H20N4O2. The highest BCUT2D eigenvalue weighted by Crippen LogP contribution is 2.10. The van der Waals surface area contributed by atoms with Gasteiger partial charge in [-0.15, -0.1) is 5.10 Å². The number of aromatic nitrogens is 2. The maximum atomic E-state index is 12.0. The molecule has 0 fully saturated rings. The quantitative estimate of drug-likeness (QED) is 0.885. The number of urea groups is 1. The first-order valence-electron chi connectivity index (χ1n) is 6.87. The van der Waals surface area contributed by atoms with E-state index in [1.54, 1.807) is 30.9 Å². The second-order valence-corrected chi connectivity index (χ2v) is 4.97. The molecule has 0 bridgehead atoms. The Morgan fingerprint density at radius 2 is 2.10 bits per heavy atom. The summed E-state index contributed by atoms with van der Waals surface area (Å²) in [5.41, 5.74) is 0.931. The third-order valence-electron chi connectivity index (χ3n) is 3.07. The molecule has 1 heterocycles. The molecule has 0 spiro atoms. The minimum atomic E-state index is -0.419. The third-order valence-corrected chi connectivity index (χ3v) is 3.07. The minimum absolute atomic E-state index is 0.242. The van der Waals surface area contributed by atoms with Crippen LogP contribution >= 0.6 is 0 Å². The van der Waals surface area contributed by atoms with Gasteiger partial charge < -0.3 is 10.0 Å². The maximum absolute atomic E-state index is 12.0. The molecule has 0 aliphatic rings. The van der Waals surface area contributed by atoms with E-state index in [9.17, 15) is 9.90 Å². The van der Waals surface area contributed by atoms with E-state index in [0.717, 1.165) is 5.69 Å². The predicted molar refractivity (Wildman–Crippen MR) is 81.5 cm³/mol. The van der Waals surface area contributed by atoms with Crippen LogP contribution in [-0.2, 0) is 0 Å². The van der Waals surface area contributed by atoms with E-state index in [1.165, 1.54) is 4.90 Å². The van der Waals surface area contributed by atoms with Gasteiger partial charge in [-0.05, 0) is 25.5 Å². The van der Waals surface area contributed by atoms with Crippen molar-refractivity contribution in [3.63, 3.8) is 0 Å². The van der Waals surface area contributed by atoms with E-state index in [0.29, 0.717) is 18.8 Å². The van der Waals surface area contributed by atoms with Crippen LogP contribution in [0.5, 0.6) is 0 Å². The number of aliphatic hydroxyl groups is 1. The fraction of sp³-hybridized carbons (Fsp3) is 0.333. The zero-order chi connectivity index (χ0) is 15.2. The molecule has 2 rings (SSSR count). The third kappa shape index (κ3) is 4.32. The van der Waals surface area contributed by atoms with Gasteiger partial charge in [0.1, 0.15) is 0 Å². The Bertz CT molecular complexity index is 580. The van der Waals surface area contributed by atoms with Crippen LogP contribution < -0.4 is 5.32 Å². The van der Waals surface area contributed by atoms with Gasteiger partial charge >= 0.3 is 6.03 Å². The van der Waals surface area contributed by atoms with Gasteiger partial charge in [-0.3, -0.25) is 5.32 Å². The number of para-hydroxylation sites is 1. The van der Waals surface area contributed by atoms with E-state index in [4.69, 9.17) is 0 Å². The van der Waals surface area contributed by atoms with Gasteiger partial charge in [0.2, 0.25) is 0 Å². The second-order valence-electron chi connectivity index (χ2n) is 4.97. The van der Waals surface area contributed by atoms with Crippen LogP contribution in [0.4, 0.5) is 10.6 Å². The van der Waals surface area contributed by atoms with Gasteiger partial charge in [0.05, 0.1) is 11.8 Å². The van der Waals surface area contributed by atoms with Gasteiger partial charge in [-0.1, -0.05) is 18.2 Å². The molecule has 6 heteroatoms. The SMILES string of the molecule is CC(O)CCN(C)C(=O)Nc1ccn(-c2ccccc2)n1. The molecule has 2 aromatic rings. The Labute approximate surface area is 124 Å². The summed E-state index contributed by atoms with van der Waals surface area (Å²) in [6.45, 7) is 2.19. The van der Waals surface area contributed by atoms with Crippen LogP contribution in [0.1, 0.15) is 13.3 Å². The summed E-state index contributed by atoms with van der Waals surface area (Å²) in [6, 6.07) is 11.2. The molecule has 1 atom stereocenters. The van der Waals surface area contributed by atoms with Gasteiger partial charge in [0.25, 0.3) is 0 Å². The lowest BCUT2D eigenvalue weighted by Gasteiger charge is -2.17. The molecule has 1 aromatic carbocycles. The standard InChI is InChI=1S/C15H20N4O2/c1-12(20)8-10-18(2)15(21)16-14-9-11-19(17-14)13-6-4-3-5-7-13/h3-7,9,11-12,20H,8,10H2,1-2H3,(H,16,17,21). The lowest BCUT2D eigenvalue weighted by atomic mass is 10.3. The van der Waals surface area contributed by atoms with Crippen molar-refractivity contribution in [2.75, 3.05) is 18.9 Å². The van der Waals surface area contributed by atoms with E-state index in [-0.39, 0.29) is 6.03 Å².